The van der Waals surface area contributed by atoms with Gasteiger partial charge in [-0.15, -0.1) is 10.2 Å². The number of ether oxygens (including phenoxy) is 1. The predicted octanol–water partition coefficient (Wildman–Crippen LogP) is 4.50. The molecule has 1 amide bonds. The number of aromatic nitrogens is 3. The van der Waals surface area contributed by atoms with Crippen LogP contribution in [0.5, 0.6) is 5.88 Å². The van der Waals surface area contributed by atoms with Gasteiger partial charge in [0.15, 0.2) is 5.69 Å². The molecule has 1 aliphatic rings. The van der Waals surface area contributed by atoms with Crippen molar-refractivity contribution >= 4 is 35.0 Å². The van der Waals surface area contributed by atoms with E-state index in [0.717, 1.165) is 0 Å². The van der Waals surface area contributed by atoms with Gasteiger partial charge in [0.1, 0.15) is 5.82 Å². The molecule has 0 spiro atoms. The van der Waals surface area contributed by atoms with Crippen LogP contribution >= 0.6 is 23.4 Å². The van der Waals surface area contributed by atoms with Crippen LogP contribution in [0.25, 0.3) is 11.3 Å². The van der Waals surface area contributed by atoms with Crippen molar-refractivity contribution in [1.29, 1.82) is 0 Å². The molecule has 0 saturated heterocycles. The Kier molecular flexibility index (Phi) is 4.91. The number of benzene rings is 2. The Hall–Kier alpha value is -2.71. The van der Waals surface area contributed by atoms with Crippen LogP contribution < -0.4 is 9.64 Å². The number of carbonyl (C=O) groups is 1. The molecule has 0 fully saturated rings. The Labute approximate surface area is 169 Å². The molecule has 0 aliphatic carbocycles. The molecule has 6 nitrogen and oxygen atoms in total. The molecule has 2 aromatic carbocycles. The molecular weight excluding hydrogens is 403 g/mol. The molecule has 0 radical (unpaired) electrons. The Morgan fingerprint density at radius 1 is 1.21 bits per heavy atom. The van der Waals surface area contributed by atoms with Gasteiger partial charge in [-0.25, -0.2) is 4.39 Å². The maximum Gasteiger partial charge on any atom is 0.247 e. The largest absolute Gasteiger partial charge is 0.447 e. The lowest BCUT2D eigenvalue weighted by Crippen LogP contribution is -2.36. The summed E-state index contributed by atoms with van der Waals surface area (Å²) in [6.45, 7) is 1.43. The number of hydrogen-bond acceptors (Lipinski definition) is 6. The standard InChI is InChI=1S/C19H14ClFN4O2S/c1-10(26)25-15-8-5-12(20)9-14(15)16-17(22-19(28-2)24-23-16)27-18(25)11-3-6-13(21)7-4-11/h3-9,18H,1-2H3/t18-/m0/s1. The first kappa shape index (κ1) is 18.6. The number of rotatable bonds is 2. The van der Waals surface area contributed by atoms with E-state index in [0.29, 0.717) is 32.7 Å². The van der Waals surface area contributed by atoms with E-state index in [4.69, 9.17) is 16.3 Å². The minimum atomic E-state index is -0.856. The van der Waals surface area contributed by atoms with E-state index in [-0.39, 0.29) is 17.6 Å². The number of anilines is 1. The monoisotopic (exact) mass is 416 g/mol. The van der Waals surface area contributed by atoms with Gasteiger partial charge in [0.05, 0.1) is 5.69 Å². The number of hydrogen-bond donors (Lipinski definition) is 0. The lowest BCUT2D eigenvalue weighted by Gasteiger charge is -2.29. The van der Waals surface area contributed by atoms with Crippen molar-refractivity contribution in [3.63, 3.8) is 0 Å². The number of halogens is 2. The molecule has 142 valence electrons. The highest BCUT2D eigenvalue weighted by Crippen LogP contribution is 2.44. The van der Waals surface area contributed by atoms with E-state index >= 15 is 0 Å². The second-order valence-corrected chi connectivity index (χ2v) is 7.23. The highest BCUT2D eigenvalue weighted by atomic mass is 35.5. The molecule has 28 heavy (non-hydrogen) atoms. The minimum Gasteiger partial charge on any atom is -0.447 e. The zero-order valence-electron chi connectivity index (χ0n) is 14.9. The minimum absolute atomic E-state index is 0.223. The van der Waals surface area contributed by atoms with Gasteiger partial charge in [-0.05, 0) is 36.6 Å². The van der Waals surface area contributed by atoms with E-state index in [1.165, 1.54) is 35.7 Å². The number of nitrogens with zero attached hydrogens (tertiary/aromatic N) is 4. The van der Waals surface area contributed by atoms with Gasteiger partial charge in [-0.3, -0.25) is 9.69 Å². The summed E-state index contributed by atoms with van der Waals surface area (Å²) >= 11 is 7.51. The number of carbonyl (C=O) groups excluding carboxylic acids is 1. The molecule has 3 aromatic rings. The Bertz CT molecular complexity index is 1060. The van der Waals surface area contributed by atoms with E-state index in [1.54, 1.807) is 30.3 Å². The van der Waals surface area contributed by atoms with Crippen LogP contribution in [0.1, 0.15) is 18.7 Å². The maximum atomic E-state index is 13.4. The first-order valence-corrected chi connectivity index (χ1v) is 9.88. The van der Waals surface area contributed by atoms with Crippen LogP contribution in [0.15, 0.2) is 47.6 Å². The fourth-order valence-corrected chi connectivity index (χ4v) is 3.48. The second-order valence-electron chi connectivity index (χ2n) is 6.02. The SMILES string of the molecule is CSc1nnc2c(n1)O[C@@H](c1ccc(F)cc1)N(C(C)=O)c1ccc(Cl)cc1-2. The highest BCUT2D eigenvalue weighted by molar-refractivity contribution is 7.98. The summed E-state index contributed by atoms with van der Waals surface area (Å²) in [6, 6.07) is 10.9. The third-order valence-electron chi connectivity index (χ3n) is 4.24. The fourth-order valence-electron chi connectivity index (χ4n) is 3.01. The zero-order valence-corrected chi connectivity index (χ0v) is 16.5. The fraction of sp³-hybridized carbons (Fsp3) is 0.158. The van der Waals surface area contributed by atoms with Crippen LogP contribution in [0.2, 0.25) is 5.02 Å². The smallest absolute Gasteiger partial charge is 0.247 e. The number of amides is 1. The third-order valence-corrected chi connectivity index (χ3v) is 5.02. The van der Waals surface area contributed by atoms with Crippen molar-refractivity contribution in [3.05, 3.63) is 58.9 Å². The molecular formula is C19H14ClFN4O2S. The molecule has 1 atom stereocenters. The van der Waals surface area contributed by atoms with Crippen molar-refractivity contribution < 1.29 is 13.9 Å². The topological polar surface area (TPSA) is 68.2 Å². The Morgan fingerprint density at radius 3 is 2.64 bits per heavy atom. The van der Waals surface area contributed by atoms with E-state index in [1.807, 2.05) is 6.26 Å². The third kappa shape index (κ3) is 3.29. The van der Waals surface area contributed by atoms with Gasteiger partial charge in [0.25, 0.3) is 0 Å². The highest BCUT2D eigenvalue weighted by Gasteiger charge is 2.34. The number of thioether (sulfide) groups is 1. The molecule has 1 aromatic heterocycles. The summed E-state index contributed by atoms with van der Waals surface area (Å²) in [5.41, 5.74) is 2.11. The first-order valence-electron chi connectivity index (χ1n) is 8.28. The molecule has 0 saturated carbocycles. The summed E-state index contributed by atoms with van der Waals surface area (Å²) in [6.07, 6.45) is 0.968. The predicted molar refractivity (Wildman–Crippen MR) is 105 cm³/mol. The lowest BCUT2D eigenvalue weighted by atomic mass is 10.1. The first-order chi connectivity index (χ1) is 13.5. The molecule has 0 bridgehead atoms. The van der Waals surface area contributed by atoms with E-state index < -0.39 is 6.23 Å². The molecule has 1 aliphatic heterocycles. The van der Waals surface area contributed by atoms with Gasteiger partial charge < -0.3 is 4.74 Å². The van der Waals surface area contributed by atoms with Gasteiger partial charge in [0.2, 0.25) is 23.2 Å². The van der Waals surface area contributed by atoms with E-state index in [2.05, 4.69) is 15.2 Å². The molecule has 9 heteroatoms. The van der Waals surface area contributed by atoms with E-state index in [9.17, 15) is 9.18 Å². The van der Waals surface area contributed by atoms with Gasteiger partial charge in [0, 0.05) is 23.1 Å². The molecule has 2 heterocycles. The van der Waals surface area contributed by atoms with Crippen LogP contribution in [0.3, 0.4) is 0 Å². The average molecular weight is 417 g/mol. The number of fused-ring (bicyclic) bond motifs is 3. The van der Waals surface area contributed by atoms with Crippen molar-refractivity contribution in [2.24, 2.45) is 0 Å². The van der Waals surface area contributed by atoms with Gasteiger partial charge in [-0.1, -0.05) is 35.5 Å². The quantitative estimate of drug-likeness (QED) is 0.573. The van der Waals surface area contributed by atoms with Crippen LogP contribution in [-0.4, -0.2) is 27.3 Å². The van der Waals surface area contributed by atoms with Crippen molar-refractivity contribution in [2.45, 2.75) is 18.3 Å². The normalized spacial score (nSPS) is 15.3. The summed E-state index contributed by atoms with van der Waals surface area (Å²) in [5, 5.41) is 9.24. The summed E-state index contributed by atoms with van der Waals surface area (Å²) in [4.78, 5) is 18.5. The zero-order chi connectivity index (χ0) is 19.8. The summed E-state index contributed by atoms with van der Waals surface area (Å²) in [7, 11) is 0. The second kappa shape index (κ2) is 7.37. The molecule has 0 unspecified atom stereocenters. The average Bonchev–Trinajstić information content (AvgIpc) is 2.82. The van der Waals surface area contributed by atoms with Crippen LogP contribution in [0, 0.1) is 5.82 Å². The lowest BCUT2D eigenvalue weighted by molar-refractivity contribution is -0.118. The summed E-state index contributed by atoms with van der Waals surface area (Å²) < 4.78 is 19.6. The van der Waals surface area contributed by atoms with Crippen molar-refractivity contribution in [3.8, 4) is 17.1 Å². The van der Waals surface area contributed by atoms with Gasteiger partial charge in [-0.2, -0.15) is 4.98 Å². The Morgan fingerprint density at radius 2 is 1.96 bits per heavy atom. The molecule has 0 N–H and O–H groups in total. The summed E-state index contributed by atoms with van der Waals surface area (Å²) in [5.74, 6) is -0.419. The molecule has 4 rings (SSSR count). The van der Waals surface area contributed by atoms with Crippen LogP contribution in [0.4, 0.5) is 10.1 Å². The maximum absolute atomic E-state index is 13.4. The Balaban J connectivity index is 1.98. The van der Waals surface area contributed by atoms with Crippen LogP contribution in [-0.2, 0) is 4.79 Å². The van der Waals surface area contributed by atoms with Crippen molar-refractivity contribution in [2.75, 3.05) is 11.2 Å². The van der Waals surface area contributed by atoms with Crippen molar-refractivity contribution in [1.82, 2.24) is 15.2 Å². The van der Waals surface area contributed by atoms with Gasteiger partial charge >= 0.3 is 0 Å².